The summed E-state index contributed by atoms with van der Waals surface area (Å²) in [5.41, 5.74) is 0. The minimum atomic E-state index is -4.40. The number of urea groups is 1. The second-order valence-corrected chi connectivity index (χ2v) is 5.97. The summed E-state index contributed by atoms with van der Waals surface area (Å²) in [6, 6.07) is -1.02. The van der Waals surface area contributed by atoms with Crippen LogP contribution in [-0.4, -0.2) is 60.5 Å². The lowest BCUT2D eigenvalue weighted by molar-refractivity contribution is -0.175. The second-order valence-electron chi connectivity index (χ2n) is 5.97. The Morgan fingerprint density at radius 1 is 1.39 bits per heavy atom. The third-order valence-corrected chi connectivity index (χ3v) is 3.70. The van der Waals surface area contributed by atoms with E-state index in [1.165, 1.54) is 4.90 Å². The molecule has 0 aromatic heterocycles. The Balaban J connectivity index is 2.50. The molecule has 23 heavy (non-hydrogen) atoms. The van der Waals surface area contributed by atoms with Gasteiger partial charge in [-0.1, -0.05) is 13.8 Å². The fourth-order valence-corrected chi connectivity index (χ4v) is 2.54. The summed E-state index contributed by atoms with van der Waals surface area (Å²) < 4.78 is 40.7. The first kappa shape index (κ1) is 19.5. The Labute approximate surface area is 133 Å². The zero-order chi connectivity index (χ0) is 17.6. The van der Waals surface area contributed by atoms with E-state index in [0.29, 0.717) is 19.4 Å². The molecular formula is C14H23F3N2O4. The summed E-state index contributed by atoms with van der Waals surface area (Å²) in [4.78, 5) is 24.7. The number of rotatable bonds is 6. The molecule has 0 spiro atoms. The largest absolute Gasteiger partial charge is 0.481 e. The first-order valence-electron chi connectivity index (χ1n) is 7.55. The van der Waals surface area contributed by atoms with Crippen LogP contribution in [0.2, 0.25) is 0 Å². The van der Waals surface area contributed by atoms with Crippen LogP contribution < -0.4 is 5.32 Å². The third kappa shape index (κ3) is 7.06. The van der Waals surface area contributed by atoms with E-state index in [1.54, 1.807) is 6.92 Å². The minimum Gasteiger partial charge on any atom is -0.481 e. The Kier molecular flexibility index (Phi) is 7.11. The fourth-order valence-electron chi connectivity index (χ4n) is 2.54. The maximum Gasteiger partial charge on any atom is 0.411 e. The smallest absolute Gasteiger partial charge is 0.411 e. The normalized spacial score (nSPS) is 23.4. The van der Waals surface area contributed by atoms with Gasteiger partial charge >= 0.3 is 18.2 Å². The number of carboxylic acids is 1. The summed E-state index contributed by atoms with van der Waals surface area (Å²) in [6.45, 7) is 2.51. The molecule has 0 saturated carbocycles. The number of carbonyl (C=O) groups excluding carboxylic acids is 1. The highest BCUT2D eigenvalue weighted by Gasteiger charge is 2.32. The molecule has 0 bridgehead atoms. The third-order valence-electron chi connectivity index (χ3n) is 3.70. The number of likely N-dealkylation sites (tertiary alicyclic amines) is 1. The summed E-state index contributed by atoms with van der Waals surface area (Å²) in [7, 11) is 0. The molecule has 0 radical (unpaired) electrons. The van der Waals surface area contributed by atoms with Gasteiger partial charge in [-0.3, -0.25) is 4.79 Å². The number of carbonyl (C=O) groups is 2. The van der Waals surface area contributed by atoms with Crippen molar-refractivity contribution in [1.82, 2.24) is 10.2 Å². The van der Waals surface area contributed by atoms with Crippen LogP contribution in [0.5, 0.6) is 0 Å². The van der Waals surface area contributed by atoms with Crippen molar-refractivity contribution in [1.29, 1.82) is 0 Å². The summed E-state index contributed by atoms with van der Waals surface area (Å²) in [5, 5.41) is 11.7. The van der Waals surface area contributed by atoms with E-state index in [9.17, 15) is 22.8 Å². The molecule has 1 rings (SSSR count). The van der Waals surface area contributed by atoms with E-state index in [0.717, 1.165) is 0 Å². The van der Waals surface area contributed by atoms with Gasteiger partial charge in [0, 0.05) is 13.1 Å². The summed E-state index contributed by atoms with van der Waals surface area (Å²) in [6.07, 6.45) is -3.49. The quantitative estimate of drug-likeness (QED) is 0.776. The van der Waals surface area contributed by atoms with Gasteiger partial charge in [-0.15, -0.1) is 0 Å². The fraction of sp³-hybridized carbons (Fsp3) is 0.857. The molecule has 3 unspecified atom stereocenters. The first-order valence-corrected chi connectivity index (χ1v) is 7.55. The van der Waals surface area contributed by atoms with E-state index in [2.05, 4.69) is 10.1 Å². The van der Waals surface area contributed by atoms with Crippen molar-refractivity contribution >= 4 is 12.0 Å². The standard InChI is InChI=1S/C14H23F3N2O4/c1-3-11(7-23-8-14(15,16)17)18-13(22)19-5-9(2)4-10(6-19)12(20)21/h9-11H,3-8H2,1-2H3,(H,18,22)(H,20,21). The van der Waals surface area contributed by atoms with Crippen molar-refractivity contribution < 1.29 is 32.6 Å². The molecular weight excluding hydrogens is 317 g/mol. The highest BCUT2D eigenvalue weighted by atomic mass is 19.4. The van der Waals surface area contributed by atoms with Crippen LogP contribution in [0.25, 0.3) is 0 Å². The Morgan fingerprint density at radius 2 is 2.04 bits per heavy atom. The lowest BCUT2D eigenvalue weighted by Crippen LogP contribution is -2.52. The number of hydrogen-bond donors (Lipinski definition) is 2. The number of piperidine rings is 1. The highest BCUT2D eigenvalue weighted by molar-refractivity contribution is 5.76. The molecule has 2 N–H and O–H groups in total. The minimum absolute atomic E-state index is 0.0529. The molecule has 9 heteroatoms. The second kappa shape index (κ2) is 8.37. The topological polar surface area (TPSA) is 78.9 Å². The average molecular weight is 340 g/mol. The summed E-state index contributed by atoms with van der Waals surface area (Å²) in [5.74, 6) is -1.52. The van der Waals surface area contributed by atoms with Gasteiger partial charge in [0.15, 0.2) is 0 Å². The maximum atomic E-state index is 12.2. The number of amides is 2. The van der Waals surface area contributed by atoms with Crippen molar-refractivity contribution in [2.24, 2.45) is 11.8 Å². The van der Waals surface area contributed by atoms with Gasteiger partial charge in [-0.2, -0.15) is 13.2 Å². The van der Waals surface area contributed by atoms with Gasteiger partial charge in [0.2, 0.25) is 0 Å². The van der Waals surface area contributed by atoms with E-state index in [1.807, 2.05) is 6.92 Å². The zero-order valence-electron chi connectivity index (χ0n) is 13.2. The van der Waals surface area contributed by atoms with E-state index < -0.39 is 36.7 Å². The van der Waals surface area contributed by atoms with Crippen LogP contribution in [0, 0.1) is 11.8 Å². The molecule has 1 aliphatic rings. The number of aliphatic carboxylic acids is 1. The molecule has 1 aliphatic heterocycles. The molecule has 0 aliphatic carbocycles. The van der Waals surface area contributed by atoms with Crippen LogP contribution in [0.15, 0.2) is 0 Å². The van der Waals surface area contributed by atoms with E-state index in [-0.39, 0.29) is 19.1 Å². The lowest BCUT2D eigenvalue weighted by atomic mass is 9.91. The molecule has 1 fully saturated rings. The number of carboxylic acid groups (broad SMARTS) is 1. The van der Waals surface area contributed by atoms with E-state index in [4.69, 9.17) is 5.11 Å². The number of nitrogens with one attached hydrogen (secondary N) is 1. The summed E-state index contributed by atoms with van der Waals surface area (Å²) >= 11 is 0. The highest BCUT2D eigenvalue weighted by Crippen LogP contribution is 2.22. The van der Waals surface area contributed by atoms with Crippen molar-refractivity contribution in [3.8, 4) is 0 Å². The molecule has 1 saturated heterocycles. The predicted octanol–water partition coefficient (Wildman–Crippen LogP) is 2.10. The predicted molar refractivity (Wildman–Crippen MR) is 76.0 cm³/mol. The number of halogens is 3. The van der Waals surface area contributed by atoms with E-state index >= 15 is 0 Å². The average Bonchev–Trinajstić information content (AvgIpc) is 2.43. The van der Waals surface area contributed by atoms with Gasteiger partial charge in [0.1, 0.15) is 6.61 Å². The molecule has 0 aromatic rings. The number of alkyl halides is 3. The van der Waals surface area contributed by atoms with Crippen molar-refractivity contribution in [3.63, 3.8) is 0 Å². The van der Waals surface area contributed by atoms with Crippen LogP contribution >= 0.6 is 0 Å². The molecule has 134 valence electrons. The van der Waals surface area contributed by atoms with Crippen molar-refractivity contribution in [2.45, 2.75) is 38.9 Å². The van der Waals surface area contributed by atoms with Gasteiger partial charge in [-0.25, -0.2) is 4.79 Å². The Hall–Kier alpha value is -1.51. The number of ether oxygens (including phenoxy) is 1. The Morgan fingerprint density at radius 3 is 2.57 bits per heavy atom. The van der Waals surface area contributed by atoms with Crippen molar-refractivity contribution in [2.75, 3.05) is 26.3 Å². The number of hydrogen-bond acceptors (Lipinski definition) is 3. The SMILES string of the molecule is CCC(COCC(F)(F)F)NC(=O)N1CC(C)CC(C(=O)O)C1. The van der Waals surface area contributed by atoms with Crippen molar-refractivity contribution in [3.05, 3.63) is 0 Å². The van der Waals surface area contributed by atoms with Crippen LogP contribution in [0.4, 0.5) is 18.0 Å². The molecule has 2 amide bonds. The van der Waals surface area contributed by atoms with Gasteiger partial charge in [0.25, 0.3) is 0 Å². The van der Waals surface area contributed by atoms with Gasteiger partial charge in [0.05, 0.1) is 18.6 Å². The molecule has 6 nitrogen and oxygen atoms in total. The molecule has 1 heterocycles. The lowest BCUT2D eigenvalue weighted by Gasteiger charge is -2.35. The van der Waals surface area contributed by atoms with Gasteiger partial charge < -0.3 is 20.1 Å². The molecule has 0 aromatic carbocycles. The monoisotopic (exact) mass is 340 g/mol. The van der Waals surface area contributed by atoms with Crippen LogP contribution in [0.3, 0.4) is 0 Å². The maximum absolute atomic E-state index is 12.2. The van der Waals surface area contributed by atoms with Gasteiger partial charge in [-0.05, 0) is 18.8 Å². The zero-order valence-corrected chi connectivity index (χ0v) is 13.2. The first-order chi connectivity index (χ1) is 10.6. The number of nitrogens with zero attached hydrogens (tertiary/aromatic N) is 1. The molecule has 3 atom stereocenters. The van der Waals surface area contributed by atoms with Crippen LogP contribution in [0.1, 0.15) is 26.7 Å². The Bertz CT molecular complexity index is 417. The van der Waals surface area contributed by atoms with Crippen LogP contribution in [-0.2, 0) is 9.53 Å².